The summed E-state index contributed by atoms with van der Waals surface area (Å²) >= 11 is 0. The molecular weight excluding hydrogens is 476 g/mol. The van der Waals surface area contributed by atoms with Crippen LogP contribution in [-0.2, 0) is 18.0 Å². The molecule has 0 atom stereocenters. The van der Waals surface area contributed by atoms with Crippen molar-refractivity contribution in [3.8, 4) is 17.4 Å². The Morgan fingerprint density at radius 1 is 0.919 bits per heavy atom. The third kappa shape index (κ3) is 5.77. The zero-order chi connectivity index (χ0) is 25.6. The Labute approximate surface area is 210 Å². The number of hydrogen-bond acceptors (Lipinski definition) is 8. The number of carbonyl (C=O) groups excluding carboxylic acids is 1. The Balaban J connectivity index is 1.27. The second-order valence-corrected chi connectivity index (χ2v) is 7.98. The van der Waals surface area contributed by atoms with E-state index in [4.69, 9.17) is 14.2 Å². The van der Waals surface area contributed by atoms with Gasteiger partial charge in [0.25, 0.3) is 5.69 Å². The standard InChI is InChI=1S/C27H20N4O6/c32-27(37-21-8-6-20(7-9-21)31(33)34)24-14-28-25-11-10-22(13-23(24)25)36-26-12-19(29-17-30-26)16-35-15-18-4-2-1-3-5-18/h1-14,17,28H,15-16H2. The molecule has 184 valence electrons. The van der Waals surface area contributed by atoms with Crippen LogP contribution in [-0.4, -0.2) is 25.8 Å². The zero-order valence-electron chi connectivity index (χ0n) is 19.4. The number of fused-ring (bicyclic) bond motifs is 1. The molecule has 0 bridgehead atoms. The first-order valence-corrected chi connectivity index (χ1v) is 11.2. The molecule has 0 aliphatic rings. The first-order valence-electron chi connectivity index (χ1n) is 11.2. The summed E-state index contributed by atoms with van der Waals surface area (Å²) in [6.45, 7) is 0.757. The summed E-state index contributed by atoms with van der Waals surface area (Å²) in [6.07, 6.45) is 2.94. The number of nitro groups is 1. The molecular formula is C27H20N4O6. The fourth-order valence-electron chi connectivity index (χ4n) is 3.61. The minimum Gasteiger partial charge on any atom is -0.439 e. The monoisotopic (exact) mass is 496 g/mol. The molecule has 10 heteroatoms. The maximum absolute atomic E-state index is 12.8. The van der Waals surface area contributed by atoms with Crippen LogP contribution in [0.3, 0.4) is 0 Å². The molecule has 37 heavy (non-hydrogen) atoms. The van der Waals surface area contributed by atoms with Crippen LogP contribution in [0.15, 0.2) is 91.4 Å². The fourth-order valence-corrected chi connectivity index (χ4v) is 3.61. The molecule has 0 aliphatic heterocycles. The normalized spacial score (nSPS) is 10.8. The van der Waals surface area contributed by atoms with Gasteiger partial charge >= 0.3 is 5.97 Å². The summed E-state index contributed by atoms with van der Waals surface area (Å²) in [6, 6.07) is 22.0. The van der Waals surface area contributed by atoms with Crippen molar-refractivity contribution in [2.45, 2.75) is 13.2 Å². The van der Waals surface area contributed by atoms with Gasteiger partial charge in [0.1, 0.15) is 17.8 Å². The van der Waals surface area contributed by atoms with Gasteiger partial charge in [-0.15, -0.1) is 0 Å². The average Bonchev–Trinajstić information content (AvgIpc) is 3.33. The van der Waals surface area contributed by atoms with Crippen molar-refractivity contribution in [2.75, 3.05) is 0 Å². The number of ether oxygens (including phenoxy) is 3. The van der Waals surface area contributed by atoms with Crippen molar-refractivity contribution < 1.29 is 23.9 Å². The number of aromatic amines is 1. The molecule has 0 radical (unpaired) electrons. The lowest BCUT2D eigenvalue weighted by molar-refractivity contribution is -0.384. The molecule has 0 unspecified atom stereocenters. The number of H-pyrrole nitrogens is 1. The summed E-state index contributed by atoms with van der Waals surface area (Å²) in [5, 5.41) is 11.4. The van der Waals surface area contributed by atoms with Crippen LogP contribution in [0.5, 0.6) is 17.4 Å². The molecule has 3 aromatic carbocycles. The number of benzene rings is 3. The smallest absolute Gasteiger partial charge is 0.345 e. The van der Waals surface area contributed by atoms with Crippen LogP contribution in [0.1, 0.15) is 21.6 Å². The number of non-ortho nitro benzene ring substituents is 1. The largest absolute Gasteiger partial charge is 0.439 e. The predicted octanol–water partition coefficient (Wildman–Crippen LogP) is 5.59. The lowest BCUT2D eigenvalue weighted by Gasteiger charge is -2.08. The molecule has 5 aromatic rings. The van der Waals surface area contributed by atoms with Crippen LogP contribution in [0.2, 0.25) is 0 Å². The number of carbonyl (C=O) groups is 1. The van der Waals surface area contributed by atoms with E-state index in [1.165, 1.54) is 36.8 Å². The highest BCUT2D eigenvalue weighted by Crippen LogP contribution is 2.28. The van der Waals surface area contributed by atoms with Crippen LogP contribution in [0.25, 0.3) is 10.9 Å². The SMILES string of the molecule is O=C(Oc1ccc([N+](=O)[O-])cc1)c1c[nH]c2ccc(Oc3cc(COCc4ccccc4)ncn3)cc12. The molecule has 0 aliphatic carbocycles. The van der Waals surface area contributed by atoms with Crippen molar-refractivity contribution in [1.29, 1.82) is 0 Å². The summed E-state index contributed by atoms with van der Waals surface area (Å²) in [4.78, 5) is 34.5. The van der Waals surface area contributed by atoms with Gasteiger partial charge < -0.3 is 19.2 Å². The third-order valence-electron chi connectivity index (χ3n) is 5.41. The van der Waals surface area contributed by atoms with Crippen molar-refractivity contribution in [3.63, 3.8) is 0 Å². The molecule has 0 spiro atoms. The summed E-state index contributed by atoms with van der Waals surface area (Å²) < 4.78 is 17.0. The Morgan fingerprint density at radius 3 is 2.49 bits per heavy atom. The summed E-state index contributed by atoms with van der Waals surface area (Å²) in [5.41, 5.74) is 2.63. The number of nitrogens with one attached hydrogen (secondary N) is 1. The van der Waals surface area contributed by atoms with Crippen LogP contribution >= 0.6 is 0 Å². The highest BCUT2D eigenvalue weighted by Gasteiger charge is 2.16. The highest BCUT2D eigenvalue weighted by atomic mass is 16.6. The van der Waals surface area contributed by atoms with Gasteiger partial charge in [-0.1, -0.05) is 30.3 Å². The Hall–Kier alpha value is -5.09. The molecule has 0 amide bonds. The molecule has 2 aromatic heterocycles. The molecule has 0 saturated carbocycles. The predicted molar refractivity (Wildman–Crippen MR) is 133 cm³/mol. The van der Waals surface area contributed by atoms with E-state index in [0.717, 1.165) is 5.56 Å². The van der Waals surface area contributed by atoms with Gasteiger partial charge in [0.05, 0.1) is 29.4 Å². The maximum Gasteiger partial charge on any atom is 0.345 e. The second-order valence-electron chi connectivity index (χ2n) is 7.98. The van der Waals surface area contributed by atoms with Crippen LogP contribution < -0.4 is 9.47 Å². The number of aromatic nitrogens is 3. The van der Waals surface area contributed by atoms with Gasteiger partial charge in [-0.2, -0.15) is 0 Å². The van der Waals surface area contributed by atoms with Gasteiger partial charge in [-0.25, -0.2) is 14.8 Å². The third-order valence-corrected chi connectivity index (χ3v) is 5.41. The number of esters is 1. The molecule has 1 N–H and O–H groups in total. The summed E-state index contributed by atoms with van der Waals surface area (Å²) in [5.74, 6) is 0.377. The first-order chi connectivity index (χ1) is 18.0. The number of nitrogens with zero attached hydrogens (tertiary/aromatic N) is 3. The Bertz CT molecular complexity index is 1550. The van der Waals surface area contributed by atoms with Crippen molar-refractivity contribution in [3.05, 3.63) is 118 Å². The highest BCUT2D eigenvalue weighted by molar-refractivity contribution is 6.05. The molecule has 0 saturated heterocycles. The van der Waals surface area contributed by atoms with Gasteiger partial charge in [0.15, 0.2) is 0 Å². The van der Waals surface area contributed by atoms with Crippen molar-refractivity contribution in [2.24, 2.45) is 0 Å². The van der Waals surface area contributed by atoms with E-state index in [1.54, 1.807) is 24.3 Å². The van der Waals surface area contributed by atoms with E-state index in [-0.39, 0.29) is 17.0 Å². The quantitative estimate of drug-likeness (QED) is 0.121. The van der Waals surface area contributed by atoms with E-state index in [1.807, 2.05) is 30.3 Å². The molecule has 10 nitrogen and oxygen atoms in total. The van der Waals surface area contributed by atoms with Crippen molar-refractivity contribution in [1.82, 2.24) is 15.0 Å². The van der Waals surface area contributed by atoms with E-state index >= 15 is 0 Å². The molecule has 5 rings (SSSR count). The second kappa shape index (κ2) is 10.7. The van der Waals surface area contributed by atoms with Gasteiger partial charge in [-0.3, -0.25) is 10.1 Å². The number of hydrogen-bond donors (Lipinski definition) is 1. The average molecular weight is 496 g/mol. The van der Waals surface area contributed by atoms with E-state index < -0.39 is 10.9 Å². The van der Waals surface area contributed by atoms with Gasteiger partial charge in [0, 0.05) is 35.3 Å². The van der Waals surface area contributed by atoms with Crippen LogP contribution in [0, 0.1) is 10.1 Å². The Kier molecular flexibility index (Phi) is 6.82. The number of nitro benzene ring substituents is 1. The minimum atomic E-state index is -0.614. The lowest BCUT2D eigenvalue weighted by atomic mass is 10.1. The maximum atomic E-state index is 12.8. The van der Waals surface area contributed by atoms with Gasteiger partial charge in [-0.05, 0) is 35.9 Å². The Morgan fingerprint density at radius 2 is 1.70 bits per heavy atom. The summed E-state index contributed by atoms with van der Waals surface area (Å²) in [7, 11) is 0. The zero-order valence-corrected chi connectivity index (χ0v) is 19.4. The lowest BCUT2D eigenvalue weighted by Crippen LogP contribution is -2.07. The molecule has 0 fully saturated rings. The van der Waals surface area contributed by atoms with Gasteiger partial charge in [0.2, 0.25) is 5.88 Å². The van der Waals surface area contributed by atoms with E-state index in [9.17, 15) is 14.9 Å². The van der Waals surface area contributed by atoms with Crippen molar-refractivity contribution >= 4 is 22.6 Å². The first kappa shape index (κ1) is 23.6. The molecule has 2 heterocycles. The fraction of sp³-hybridized carbons (Fsp3) is 0.0741. The topological polar surface area (TPSA) is 129 Å². The van der Waals surface area contributed by atoms with Crippen LogP contribution in [0.4, 0.5) is 5.69 Å². The van der Waals surface area contributed by atoms with E-state index in [2.05, 4.69) is 15.0 Å². The minimum absolute atomic E-state index is 0.0932. The van der Waals surface area contributed by atoms with E-state index in [0.29, 0.717) is 41.4 Å². The number of rotatable bonds is 9.